The summed E-state index contributed by atoms with van der Waals surface area (Å²) in [6, 6.07) is 7.07. The Balaban J connectivity index is 1.70. The van der Waals surface area contributed by atoms with Crippen molar-refractivity contribution in [3.63, 3.8) is 0 Å². The number of aromatic amines is 1. The van der Waals surface area contributed by atoms with Crippen molar-refractivity contribution in [3.8, 4) is 11.1 Å². The normalized spacial score (nSPS) is 14.4. The molecule has 0 unspecified atom stereocenters. The molecule has 29 heavy (non-hydrogen) atoms. The van der Waals surface area contributed by atoms with Crippen LogP contribution in [0.3, 0.4) is 0 Å². The van der Waals surface area contributed by atoms with Gasteiger partial charge in [0.25, 0.3) is 11.8 Å². The number of amides is 2. The monoisotopic (exact) mass is 397 g/mol. The van der Waals surface area contributed by atoms with Crippen molar-refractivity contribution < 1.29 is 18.4 Å². The Labute approximate surface area is 166 Å². The second-order valence-corrected chi connectivity index (χ2v) is 7.50. The minimum atomic E-state index is -0.704. The third kappa shape index (κ3) is 3.37. The maximum atomic E-state index is 14.9. The summed E-state index contributed by atoms with van der Waals surface area (Å²) in [4.78, 5) is 28.6. The lowest BCUT2D eigenvalue weighted by molar-refractivity contribution is 0.0734. The first kappa shape index (κ1) is 19.1. The summed E-state index contributed by atoms with van der Waals surface area (Å²) in [6.07, 6.45) is 5.44. The van der Waals surface area contributed by atoms with Crippen LogP contribution in [0.4, 0.5) is 8.78 Å². The molecule has 1 fully saturated rings. The van der Waals surface area contributed by atoms with E-state index in [2.05, 4.69) is 4.98 Å². The van der Waals surface area contributed by atoms with Gasteiger partial charge in [0.05, 0.1) is 11.1 Å². The van der Waals surface area contributed by atoms with Crippen LogP contribution < -0.4 is 5.73 Å². The zero-order chi connectivity index (χ0) is 20.7. The van der Waals surface area contributed by atoms with Crippen molar-refractivity contribution >= 4 is 22.7 Å². The molecule has 2 amide bonds. The largest absolute Gasteiger partial charge is 0.366 e. The molecule has 4 rings (SSSR count). The van der Waals surface area contributed by atoms with E-state index in [9.17, 15) is 18.4 Å². The standard InChI is InChI=1S/C22H21F2N3O2/c1-27(14-4-2-3-5-14)22(29)12-6-7-15(18(23)9-12)13-8-16-17(21(25)28)11-26-20(16)19(24)10-13/h6-11,14,26H,2-5H2,1H3,(H2,25,28). The summed E-state index contributed by atoms with van der Waals surface area (Å²) in [5.74, 6) is -2.19. The minimum absolute atomic E-state index is 0.131. The highest BCUT2D eigenvalue weighted by atomic mass is 19.1. The van der Waals surface area contributed by atoms with Gasteiger partial charge in [0.1, 0.15) is 11.6 Å². The van der Waals surface area contributed by atoms with Crippen LogP contribution in [0.5, 0.6) is 0 Å². The first-order chi connectivity index (χ1) is 13.9. The summed E-state index contributed by atoms with van der Waals surface area (Å²) >= 11 is 0. The van der Waals surface area contributed by atoms with Crippen molar-refractivity contribution in [1.29, 1.82) is 0 Å². The van der Waals surface area contributed by atoms with Crippen LogP contribution in [0.25, 0.3) is 22.0 Å². The number of nitrogens with two attached hydrogens (primary N) is 1. The zero-order valence-electron chi connectivity index (χ0n) is 16.0. The van der Waals surface area contributed by atoms with Crippen LogP contribution in [-0.2, 0) is 0 Å². The predicted octanol–water partition coefficient (Wildman–Crippen LogP) is 4.23. The summed E-state index contributed by atoms with van der Waals surface area (Å²) in [5.41, 5.74) is 6.25. The quantitative estimate of drug-likeness (QED) is 0.691. The van der Waals surface area contributed by atoms with Gasteiger partial charge in [-0.15, -0.1) is 0 Å². The smallest absolute Gasteiger partial charge is 0.253 e. The Morgan fingerprint density at radius 2 is 1.83 bits per heavy atom. The predicted molar refractivity (Wildman–Crippen MR) is 107 cm³/mol. The number of nitrogens with zero attached hydrogens (tertiary/aromatic N) is 1. The number of benzene rings is 2. The number of hydrogen-bond donors (Lipinski definition) is 2. The molecule has 3 aromatic rings. The summed E-state index contributed by atoms with van der Waals surface area (Å²) in [6.45, 7) is 0. The number of aromatic nitrogens is 1. The third-order valence-electron chi connectivity index (χ3n) is 5.73. The van der Waals surface area contributed by atoms with Crippen LogP contribution in [0.1, 0.15) is 46.4 Å². The van der Waals surface area contributed by atoms with Crippen molar-refractivity contribution in [1.82, 2.24) is 9.88 Å². The van der Waals surface area contributed by atoms with E-state index in [1.807, 2.05) is 0 Å². The molecule has 3 N–H and O–H groups in total. The van der Waals surface area contributed by atoms with Gasteiger partial charge in [-0.25, -0.2) is 8.78 Å². The maximum absolute atomic E-state index is 14.9. The molecule has 7 heteroatoms. The fourth-order valence-electron chi connectivity index (χ4n) is 4.09. The van der Waals surface area contributed by atoms with E-state index in [4.69, 9.17) is 5.73 Å². The van der Waals surface area contributed by atoms with Gasteiger partial charge in [0.15, 0.2) is 0 Å². The summed E-state index contributed by atoms with van der Waals surface area (Å²) in [5, 5.41) is 0.285. The molecule has 0 radical (unpaired) electrons. The molecule has 1 aliphatic carbocycles. The van der Waals surface area contributed by atoms with E-state index < -0.39 is 17.5 Å². The van der Waals surface area contributed by atoms with Gasteiger partial charge in [-0.1, -0.05) is 18.9 Å². The van der Waals surface area contributed by atoms with Gasteiger partial charge < -0.3 is 15.6 Å². The second kappa shape index (κ2) is 7.31. The van der Waals surface area contributed by atoms with E-state index in [-0.39, 0.29) is 45.1 Å². The summed E-state index contributed by atoms with van der Waals surface area (Å²) < 4.78 is 29.3. The highest BCUT2D eigenvalue weighted by Crippen LogP contribution is 2.31. The van der Waals surface area contributed by atoms with Crippen molar-refractivity contribution in [3.05, 3.63) is 59.3 Å². The molecule has 5 nitrogen and oxygen atoms in total. The van der Waals surface area contributed by atoms with E-state index in [0.717, 1.165) is 25.7 Å². The SMILES string of the molecule is CN(C(=O)c1ccc(-c2cc(F)c3[nH]cc(C(N)=O)c3c2)c(F)c1)C1CCCC1. The summed E-state index contributed by atoms with van der Waals surface area (Å²) in [7, 11) is 1.74. The number of fused-ring (bicyclic) bond motifs is 1. The molecular formula is C22H21F2N3O2. The highest BCUT2D eigenvalue weighted by Gasteiger charge is 2.25. The molecule has 1 saturated carbocycles. The average Bonchev–Trinajstić information content (AvgIpc) is 3.36. The zero-order valence-corrected chi connectivity index (χ0v) is 16.0. The minimum Gasteiger partial charge on any atom is -0.366 e. The Kier molecular flexibility index (Phi) is 4.82. The highest BCUT2D eigenvalue weighted by molar-refractivity contribution is 6.07. The number of primary amides is 1. The van der Waals surface area contributed by atoms with E-state index in [1.54, 1.807) is 18.0 Å². The number of rotatable bonds is 4. The van der Waals surface area contributed by atoms with E-state index in [0.29, 0.717) is 0 Å². The lowest BCUT2D eigenvalue weighted by Gasteiger charge is -2.24. The third-order valence-corrected chi connectivity index (χ3v) is 5.73. The average molecular weight is 397 g/mol. The van der Waals surface area contributed by atoms with Crippen LogP contribution >= 0.6 is 0 Å². The number of hydrogen-bond acceptors (Lipinski definition) is 2. The lowest BCUT2D eigenvalue weighted by atomic mass is 9.99. The maximum Gasteiger partial charge on any atom is 0.253 e. The Hall–Kier alpha value is -3.22. The second-order valence-electron chi connectivity index (χ2n) is 7.50. The number of halogens is 2. The fourth-order valence-corrected chi connectivity index (χ4v) is 4.09. The van der Waals surface area contributed by atoms with E-state index in [1.165, 1.54) is 30.5 Å². The fraction of sp³-hybridized carbons (Fsp3) is 0.273. The first-order valence-electron chi connectivity index (χ1n) is 9.54. The van der Waals surface area contributed by atoms with Crippen molar-refractivity contribution in [2.24, 2.45) is 5.73 Å². The van der Waals surface area contributed by atoms with Crippen LogP contribution in [0.15, 0.2) is 36.5 Å². The van der Waals surface area contributed by atoms with E-state index >= 15 is 0 Å². The van der Waals surface area contributed by atoms with Crippen molar-refractivity contribution in [2.45, 2.75) is 31.7 Å². The molecule has 0 saturated heterocycles. The molecule has 1 aliphatic rings. The molecule has 1 aromatic heterocycles. The first-order valence-corrected chi connectivity index (χ1v) is 9.54. The van der Waals surface area contributed by atoms with Gasteiger partial charge in [-0.3, -0.25) is 9.59 Å². The molecule has 150 valence electrons. The van der Waals surface area contributed by atoms with Crippen LogP contribution in [0, 0.1) is 11.6 Å². The van der Waals surface area contributed by atoms with Gasteiger partial charge in [-0.2, -0.15) is 0 Å². The molecule has 0 atom stereocenters. The Morgan fingerprint density at radius 1 is 1.10 bits per heavy atom. The van der Waals surface area contributed by atoms with Gasteiger partial charge in [0.2, 0.25) is 0 Å². The van der Waals surface area contributed by atoms with Crippen molar-refractivity contribution in [2.75, 3.05) is 7.05 Å². The molecule has 1 heterocycles. The molecule has 0 bridgehead atoms. The van der Waals surface area contributed by atoms with Gasteiger partial charge >= 0.3 is 0 Å². The lowest BCUT2D eigenvalue weighted by Crippen LogP contribution is -2.35. The Bertz CT molecular complexity index is 1120. The molecule has 0 aliphatic heterocycles. The number of H-pyrrole nitrogens is 1. The van der Waals surface area contributed by atoms with Gasteiger partial charge in [0, 0.05) is 35.8 Å². The number of nitrogens with one attached hydrogen (secondary N) is 1. The molecule has 0 spiro atoms. The topological polar surface area (TPSA) is 79.2 Å². The molecular weight excluding hydrogens is 376 g/mol. The van der Waals surface area contributed by atoms with Crippen LogP contribution in [-0.4, -0.2) is 34.8 Å². The Morgan fingerprint density at radius 3 is 2.48 bits per heavy atom. The number of carbonyl (C=O) groups excluding carboxylic acids is 2. The van der Waals surface area contributed by atoms with Crippen LogP contribution in [0.2, 0.25) is 0 Å². The molecule has 2 aromatic carbocycles. The number of carbonyl (C=O) groups is 2. The van der Waals surface area contributed by atoms with Gasteiger partial charge in [-0.05, 0) is 42.7 Å².